The Hall–Kier alpha value is -3.13. The smallest absolute Gasteiger partial charge is 0.430 e. The highest BCUT2D eigenvalue weighted by Crippen LogP contribution is 2.12. The Bertz CT molecular complexity index is 1010. The predicted octanol–water partition coefficient (Wildman–Crippen LogP) is -0.0517. The summed E-state index contributed by atoms with van der Waals surface area (Å²) in [5.74, 6) is -3.39. The average molecular weight is 478 g/mol. The number of halogens is 3. The number of alkyl halides is 3. The SMILES string of the molecule is CC(C)(C)OC(=O)CNS(=O)(=O)C[n+]1ccc(-c2ncccn2)cc1.O=C([O-])C(F)(F)F. The second kappa shape index (κ2) is 10.9. The Kier molecular flexibility index (Phi) is 9.21. The number of aromatic nitrogens is 3. The Balaban J connectivity index is 0.000000633. The van der Waals surface area contributed by atoms with Gasteiger partial charge in [0.25, 0.3) is 15.9 Å². The average Bonchev–Trinajstić information content (AvgIpc) is 2.66. The first kappa shape index (κ1) is 26.9. The van der Waals surface area contributed by atoms with E-state index in [1.54, 1.807) is 63.8 Å². The summed E-state index contributed by atoms with van der Waals surface area (Å²) in [5.41, 5.74) is 0.114. The summed E-state index contributed by atoms with van der Waals surface area (Å²) >= 11 is 0. The van der Waals surface area contributed by atoms with Gasteiger partial charge in [-0.1, -0.05) is 0 Å². The molecule has 0 spiro atoms. The Morgan fingerprint density at radius 1 is 1.12 bits per heavy atom. The third kappa shape index (κ3) is 10.8. The molecule has 2 rings (SSSR count). The van der Waals surface area contributed by atoms with Crippen molar-refractivity contribution in [1.82, 2.24) is 14.7 Å². The minimum Gasteiger partial charge on any atom is -0.542 e. The summed E-state index contributed by atoms with van der Waals surface area (Å²) in [7, 11) is -3.68. The lowest BCUT2D eigenvalue weighted by Crippen LogP contribution is -2.44. The van der Waals surface area contributed by atoms with Gasteiger partial charge in [0.2, 0.25) is 0 Å². The molecule has 2 heterocycles. The van der Waals surface area contributed by atoms with E-state index in [0.717, 1.165) is 5.56 Å². The molecule has 10 nitrogen and oxygen atoms in total. The van der Waals surface area contributed by atoms with Gasteiger partial charge in [-0.2, -0.15) is 22.5 Å². The highest BCUT2D eigenvalue weighted by molar-refractivity contribution is 7.88. The second-order valence-electron chi connectivity index (χ2n) is 7.11. The number of rotatable bonds is 6. The van der Waals surface area contributed by atoms with Crippen molar-refractivity contribution in [2.45, 2.75) is 38.4 Å². The van der Waals surface area contributed by atoms with Gasteiger partial charge < -0.3 is 14.6 Å². The lowest BCUT2D eigenvalue weighted by Gasteiger charge is -2.19. The summed E-state index contributed by atoms with van der Waals surface area (Å²) < 4.78 is 64.4. The maximum Gasteiger partial charge on any atom is 0.430 e. The molecular formula is C18H21F3N4O6S. The summed E-state index contributed by atoms with van der Waals surface area (Å²) in [6, 6.07) is 5.16. The third-order valence-corrected chi connectivity index (χ3v) is 4.34. The van der Waals surface area contributed by atoms with Crippen molar-refractivity contribution < 1.29 is 45.6 Å². The van der Waals surface area contributed by atoms with Gasteiger partial charge in [0.05, 0.1) is 0 Å². The molecule has 0 atom stereocenters. The lowest BCUT2D eigenvalue weighted by atomic mass is 10.2. The Morgan fingerprint density at radius 2 is 1.62 bits per heavy atom. The van der Waals surface area contributed by atoms with E-state index in [4.69, 9.17) is 14.6 Å². The molecule has 0 saturated heterocycles. The number of pyridine rings is 1. The molecule has 176 valence electrons. The number of carbonyl (C=O) groups is 2. The number of ether oxygens (including phenoxy) is 1. The molecule has 1 N–H and O–H groups in total. The van der Waals surface area contributed by atoms with Crippen LogP contribution >= 0.6 is 0 Å². The molecule has 0 bridgehead atoms. The number of carboxylic acid groups (broad SMARTS) is 1. The number of carbonyl (C=O) groups excluding carboxylic acids is 2. The fraction of sp³-hybridized carbons (Fsp3) is 0.389. The number of hydrogen-bond donors (Lipinski definition) is 1. The third-order valence-electron chi connectivity index (χ3n) is 3.12. The van der Waals surface area contributed by atoms with Crippen molar-refractivity contribution in [3.05, 3.63) is 43.0 Å². The van der Waals surface area contributed by atoms with Crippen LogP contribution in [0.3, 0.4) is 0 Å². The normalized spacial score (nSPS) is 11.8. The maximum atomic E-state index is 12.1. The first-order valence-electron chi connectivity index (χ1n) is 8.83. The van der Waals surface area contributed by atoms with Gasteiger partial charge >= 0.3 is 12.1 Å². The van der Waals surface area contributed by atoms with Crippen LogP contribution in [0, 0.1) is 0 Å². The van der Waals surface area contributed by atoms with Gasteiger partial charge in [-0.05, 0) is 26.8 Å². The van der Waals surface area contributed by atoms with E-state index in [2.05, 4.69) is 14.7 Å². The summed E-state index contributed by atoms with van der Waals surface area (Å²) in [6.07, 6.45) is 1.29. The van der Waals surface area contributed by atoms with Crippen molar-refractivity contribution in [2.75, 3.05) is 6.54 Å². The number of nitrogens with one attached hydrogen (secondary N) is 1. The summed E-state index contributed by atoms with van der Waals surface area (Å²) in [5, 5.41) is 8.78. The number of aliphatic carboxylic acids is 1. The molecule has 0 fully saturated rings. The zero-order chi connectivity index (χ0) is 24.6. The van der Waals surface area contributed by atoms with Gasteiger partial charge in [-0.15, -0.1) is 0 Å². The molecule has 0 amide bonds. The van der Waals surface area contributed by atoms with Crippen LogP contribution in [0.5, 0.6) is 0 Å². The van der Waals surface area contributed by atoms with E-state index < -0.39 is 40.3 Å². The molecule has 0 aromatic carbocycles. The van der Waals surface area contributed by atoms with E-state index in [1.165, 1.54) is 4.57 Å². The van der Waals surface area contributed by atoms with E-state index in [1.807, 2.05) is 0 Å². The van der Waals surface area contributed by atoms with Crippen LogP contribution in [-0.2, 0) is 30.2 Å². The topological polar surface area (TPSA) is 142 Å². The van der Waals surface area contributed by atoms with Crippen LogP contribution in [0.4, 0.5) is 13.2 Å². The highest BCUT2D eigenvalue weighted by Gasteiger charge is 2.28. The van der Waals surface area contributed by atoms with Crippen molar-refractivity contribution in [3.8, 4) is 11.4 Å². The molecule has 0 aliphatic heterocycles. The van der Waals surface area contributed by atoms with Crippen molar-refractivity contribution in [1.29, 1.82) is 0 Å². The van der Waals surface area contributed by atoms with Gasteiger partial charge in [0.1, 0.15) is 18.1 Å². The summed E-state index contributed by atoms with van der Waals surface area (Å²) in [4.78, 5) is 28.6. The van der Waals surface area contributed by atoms with E-state index >= 15 is 0 Å². The number of carboxylic acids is 1. The standard InChI is InChI=1S/C16H21N4O4S.C2HF3O2/c1-16(2,3)24-14(21)11-19-25(22,23)12-20-9-5-13(6-10-20)15-17-7-4-8-18-15;3-2(4,5)1(6)7/h4-10,19H,11-12H2,1-3H3;(H,6,7)/q+1;/p-1. The number of nitrogens with zero attached hydrogens (tertiary/aromatic N) is 3. The molecule has 0 unspecified atom stereocenters. The van der Waals surface area contributed by atoms with E-state index in [0.29, 0.717) is 5.82 Å². The molecule has 0 saturated carbocycles. The number of esters is 1. The van der Waals surface area contributed by atoms with E-state index in [-0.39, 0.29) is 5.88 Å². The fourth-order valence-corrected chi connectivity index (χ4v) is 2.92. The maximum absolute atomic E-state index is 12.1. The molecule has 2 aromatic heterocycles. The number of hydrogen-bond acceptors (Lipinski definition) is 8. The van der Waals surface area contributed by atoms with Crippen molar-refractivity contribution in [3.63, 3.8) is 0 Å². The van der Waals surface area contributed by atoms with Crippen LogP contribution in [0.15, 0.2) is 43.0 Å². The fourth-order valence-electron chi connectivity index (χ4n) is 1.93. The lowest BCUT2D eigenvalue weighted by molar-refractivity contribution is -0.677. The van der Waals surface area contributed by atoms with Crippen LogP contribution in [-0.4, -0.2) is 48.6 Å². The molecule has 2 aromatic rings. The van der Waals surface area contributed by atoms with Gasteiger partial charge in [-0.3, -0.25) is 4.79 Å². The molecule has 32 heavy (non-hydrogen) atoms. The zero-order valence-corrected chi connectivity index (χ0v) is 18.1. The monoisotopic (exact) mass is 478 g/mol. The second-order valence-corrected chi connectivity index (χ2v) is 8.89. The highest BCUT2D eigenvalue weighted by atomic mass is 32.2. The Morgan fingerprint density at radius 3 is 2.06 bits per heavy atom. The van der Waals surface area contributed by atoms with Crippen LogP contribution < -0.4 is 14.4 Å². The molecule has 0 aliphatic carbocycles. The van der Waals surface area contributed by atoms with Crippen LogP contribution in [0.1, 0.15) is 20.8 Å². The molecule has 0 aliphatic rings. The molecule has 0 radical (unpaired) electrons. The van der Waals surface area contributed by atoms with Crippen molar-refractivity contribution >= 4 is 22.0 Å². The van der Waals surface area contributed by atoms with E-state index in [9.17, 15) is 26.4 Å². The van der Waals surface area contributed by atoms with Crippen molar-refractivity contribution in [2.24, 2.45) is 0 Å². The van der Waals surface area contributed by atoms with Crippen LogP contribution in [0.25, 0.3) is 11.4 Å². The molecular weight excluding hydrogens is 457 g/mol. The minimum atomic E-state index is -5.19. The Labute approximate surface area is 182 Å². The summed E-state index contributed by atoms with van der Waals surface area (Å²) in [6.45, 7) is 4.74. The first-order valence-corrected chi connectivity index (χ1v) is 10.5. The predicted molar refractivity (Wildman–Crippen MR) is 101 cm³/mol. The minimum absolute atomic E-state index is 0.314. The quantitative estimate of drug-likeness (QED) is 0.450. The van der Waals surface area contributed by atoms with Crippen LogP contribution in [0.2, 0.25) is 0 Å². The first-order chi connectivity index (χ1) is 14.6. The molecule has 14 heteroatoms. The van der Waals surface area contributed by atoms with Gasteiger partial charge in [-0.25, -0.2) is 18.4 Å². The zero-order valence-electron chi connectivity index (χ0n) is 17.3. The van der Waals surface area contributed by atoms with Gasteiger partial charge in [0, 0.05) is 30.1 Å². The largest absolute Gasteiger partial charge is 0.542 e. The number of sulfonamides is 1. The van der Waals surface area contributed by atoms with Gasteiger partial charge in [0.15, 0.2) is 18.2 Å².